The first kappa shape index (κ1) is 16.8. The maximum Gasteiger partial charge on any atom is 0.268 e. The van der Waals surface area contributed by atoms with Crippen molar-refractivity contribution >= 4 is 50.0 Å². The van der Waals surface area contributed by atoms with Gasteiger partial charge in [0, 0.05) is 10.7 Å². The summed E-state index contributed by atoms with van der Waals surface area (Å²) < 4.78 is 0.810. The van der Waals surface area contributed by atoms with Crippen LogP contribution in [0, 0.1) is 0 Å². The Hall–Kier alpha value is -1.70. The van der Waals surface area contributed by atoms with Gasteiger partial charge in [-0.2, -0.15) is 0 Å². The van der Waals surface area contributed by atoms with E-state index in [2.05, 4.69) is 44.4 Å². The number of hydrogen-bond acceptors (Lipinski definition) is 4. The summed E-state index contributed by atoms with van der Waals surface area (Å²) in [4.78, 5) is 23.5. The van der Waals surface area contributed by atoms with E-state index in [9.17, 15) is 4.79 Å². The highest BCUT2D eigenvalue weighted by molar-refractivity contribution is 9.10. The predicted molar refractivity (Wildman–Crippen MR) is 106 cm³/mol. The van der Waals surface area contributed by atoms with E-state index in [0.29, 0.717) is 16.6 Å². The molecule has 0 unspecified atom stereocenters. The number of rotatable bonds is 3. The number of H-pyrrole nitrogens is 1. The molecular weight excluding hydrogens is 400 g/mol. The summed E-state index contributed by atoms with van der Waals surface area (Å²) in [6.07, 6.45) is 4.36. The molecule has 1 aliphatic heterocycles. The summed E-state index contributed by atoms with van der Waals surface area (Å²) in [5, 5.41) is 4.80. The van der Waals surface area contributed by atoms with E-state index in [4.69, 9.17) is 4.98 Å². The molecule has 1 fully saturated rings. The SMILES string of the molecule is CN1CCC(c2c[nH]c3ccc(NC(=O)c4sccc4Br)nc23)CC1. The van der Waals surface area contributed by atoms with Gasteiger partial charge < -0.3 is 15.2 Å². The highest BCUT2D eigenvalue weighted by Gasteiger charge is 2.22. The third kappa shape index (κ3) is 3.36. The van der Waals surface area contributed by atoms with Crippen LogP contribution in [0.4, 0.5) is 5.82 Å². The number of carbonyl (C=O) groups is 1. The molecule has 0 saturated carbocycles. The van der Waals surface area contributed by atoms with Crippen LogP contribution >= 0.6 is 27.3 Å². The first-order valence-corrected chi connectivity index (χ1v) is 10.00. The van der Waals surface area contributed by atoms with Crippen molar-refractivity contribution in [1.29, 1.82) is 0 Å². The van der Waals surface area contributed by atoms with Gasteiger partial charge in [0.25, 0.3) is 5.91 Å². The quantitative estimate of drug-likeness (QED) is 0.660. The Bertz CT molecular complexity index is 911. The molecule has 25 heavy (non-hydrogen) atoms. The van der Waals surface area contributed by atoms with Gasteiger partial charge in [-0.05, 0) is 84.0 Å². The Balaban J connectivity index is 1.60. The van der Waals surface area contributed by atoms with Gasteiger partial charge in [0.2, 0.25) is 0 Å². The molecule has 0 aromatic carbocycles. The summed E-state index contributed by atoms with van der Waals surface area (Å²) in [7, 11) is 2.17. The number of hydrogen-bond donors (Lipinski definition) is 2. The molecule has 1 amide bonds. The van der Waals surface area contributed by atoms with Crippen LogP contribution in [0.1, 0.15) is 34.0 Å². The van der Waals surface area contributed by atoms with E-state index in [0.717, 1.165) is 41.4 Å². The summed E-state index contributed by atoms with van der Waals surface area (Å²) in [6, 6.07) is 5.71. The number of piperidine rings is 1. The molecule has 2 N–H and O–H groups in total. The molecule has 0 spiro atoms. The summed E-state index contributed by atoms with van der Waals surface area (Å²) >= 11 is 4.81. The molecule has 0 aliphatic carbocycles. The molecular formula is C18H19BrN4OS. The van der Waals surface area contributed by atoms with Crippen LogP contribution in [0.15, 0.2) is 34.2 Å². The topological polar surface area (TPSA) is 61.0 Å². The predicted octanol–water partition coefficient (Wildman–Crippen LogP) is 4.45. The van der Waals surface area contributed by atoms with E-state index < -0.39 is 0 Å². The molecule has 4 rings (SSSR count). The minimum absolute atomic E-state index is 0.134. The molecule has 0 atom stereocenters. The lowest BCUT2D eigenvalue weighted by atomic mass is 9.91. The number of nitrogens with zero attached hydrogens (tertiary/aromatic N) is 2. The van der Waals surface area contributed by atoms with E-state index in [1.54, 1.807) is 0 Å². The molecule has 0 bridgehead atoms. The minimum Gasteiger partial charge on any atom is -0.360 e. The molecule has 1 aliphatic rings. The summed E-state index contributed by atoms with van der Waals surface area (Å²) in [6.45, 7) is 2.22. The van der Waals surface area contributed by atoms with Crippen molar-refractivity contribution in [2.45, 2.75) is 18.8 Å². The average molecular weight is 419 g/mol. The Kier molecular flexibility index (Phi) is 4.62. The van der Waals surface area contributed by atoms with Gasteiger partial charge in [-0.25, -0.2) is 4.98 Å². The summed E-state index contributed by atoms with van der Waals surface area (Å²) in [5.41, 5.74) is 3.25. The maximum absolute atomic E-state index is 12.4. The van der Waals surface area contributed by atoms with Crippen molar-refractivity contribution < 1.29 is 4.79 Å². The molecule has 5 nitrogen and oxygen atoms in total. The number of nitrogens with one attached hydrogen (secondary N) is 2. The van der Waals surface area contributed by atoms with Crippen molar-refractivity contribution in [2.75, 3.05) is 25.5 Å². The fourth-order valence-electron chi connectivity index (χ4n) is 3.35. The number of halogens is 1. The Labute approximate surface area is 158 Å². The lowest BCUT2D eigenvalue weighted by molar-refractivity contribution is 0.102. The lowest BCUT2D eigenvalue weighted by Gasteiger charge is -2.28. The van der Waals surface area contributed by atoms with Gasteiger partial charge in [-0.15, -0.1) is 11.3 Å². The largest absolute Gasteiger partial charge is 0.360 e. The highest BCUT2D eigenvalue weighted by atomic mass is 79.9. The monoisotopic (exact) mass is 418 g/mol. The van der Waals surface area contributed by atoms with Crippen LogP contribution in [0.2, 0.25) is 0 Å². The second kappa shape index (κ2) is 6.90. The van der Waals surface area contributed by atoms with E-state index in [1.807, 2.05) is 23.6 Å². The number of fused-ring (bicyclic) bond motifs is 1. The molecule has 0 radical (unpaired) electrons. The number of pyridine rings is 1. The van der Waals surface area contributed by atoms with E-state index in [-0.39, 0.29) is 5.91 Å². The van der Waals surface area contributed by atoms with E-state index in [1.165, 1.54) is 16.9 Å². The zero-order valence-corrected chi connectivity index (χ0v) is 16.3. The fraction of sp³-hybridized carbons (Fsp3) is 0.333. The third-order valence-electron chi connectivity index (χ3n) is 4.78. The lowest BCUT2D eigenvalue weighted by Crippen LogP contribution is -2.29. The van der Waals surface area contributed by atoms with Crippen molar-refractivity contribution in [3.63, 3.8) is 0 Å². The number of amides is 1. The molecule has 4 heterocycles. The highest BCUT2D eigenvalue weighted by Crippen LogP contribution is 2.32. The number of aromatic amines is 1. The first-order chi connectivity index (χ1) is 12.1. The van der Waals surface area contributed by atoms with Crippen LogP contribution in [0.25, 0.3) is 11.0 Å². The maximum atomic E-state index is 12.4. The molecule has 3 aromatic rings. The van der Waals surface area contributed by atoms with Gasteiger partial charge in [0.05, 0.1) is 11.0 Å². The second-order valence-corrected chi connectivity index (χ2v) is 8.24. The Morgan fingerprint density at radius 1 is 1.36 bits per heavy atom. The molecule has 3 aromatic heterocycles. The van der Waals surface area contributed by atoms with Crippen LogP contribution in [-0.4, -0.2) is 40.9 Å². The number of likely N-dealkylation sites (tertiary alicyclic amines) is 1. The normalized spacial score (nSPS) is 16.4. The van der Waals surface area contributed by atoms with Crippen LogP contribution < -0.4 is 5.32 Å². The zero-order valence-electron chi connectivity index (χ0n) is 13.9. The van der Waals surface area contributed by atoms with Crippen LogP contribution in [0.3, 0.4) is 0 Å². The number of carbonyl (C=O) groups excluding carboxylic acids is 1. The van der Waals surface area contributed by atoms with E-state index >= 15 is 0 Å². The van der Waals surface area contributed by atoms with Gasteiger partial charge in [-0.3, -0.25) is 4.79 Å². The van der Waals surface area contributed by atoms with Gasteiger partial charge in [0.15, 0.2) is 0 Å². The number of anilines is 1. The van der Waals surface area contributed by atoms with Gasteiger partial charge in [0.1, 0.15) is 10.7 Å². The second-order valence-electron chi connectivity index (χ2n) is 6.47. The molecule has 130 valence electrons. The Morgan fingerprint density at radius 2 is 2.16 bits per heavy atom. The van der Waals surface area contributed by atoms with Crippen molar-refractivity contribution in [3.8, 4) is 0 Å². The van der Waals surface area contributed by atoms with Crippen LogP contribution in [-0.2, 0) is 0 Å². The van der Waals surface area contributed by atoms with Crippen molar-refractivity contribution in [1.82, 2.24) is 14.9 Å². The minimum atomic E-state index is -0.134. The van der Waals surface area contributed by atoms with Crippen LogP contribution in [0.5, 0.6) is 0 Å². The van der Waals surface area contributed by atoms with Crippen molar-refractivity contribution in [3.05, 3.63) is 44.7 Å². The summed E-state index contributed by atoms with van der Waals surface area (Å²) in [5.74, 6) is 0.978. The average Bonchev–Trinajstić information content (AvgIpc) is 3.21. The molecule has 1 saturated heterocycles. The number of thiophene rings is 1. The zero-order chi connectivity index (χ0) is 17.4. The Morgan fingerprint density at radius 3 is 2.88 bits per heavy atom. The third-order valence-corrected chi connectivity index (χ3v) is 6.61. The number of aromatic nitrogens is 2. The van der Waals surface area contributed by atoms with Gasteiger partial charge >= 0.3 is 0 Å². The fourth-order valence-corrected chi connectivity index (χ4v) is 4.80. The smallest absolute Gasteiger partial charge is 0.268 e. The van der Waals surface area contributed by atoms with Gasteiger partial charge in [-0.1, -0.05) is 0 Å². The molecule has 7 heteroatoms. The van der Waals surface area contributed by atoms with Crippen molar-refractivity contribution in [2.24, 2.45) is 0 Å². The first-order valence-electron chi connectivity index (χ1n) is 8.33. The standard InChI is InChI=1S/C18H19BrN4OS/c1-23-7-4-11(5-8-23)12-10-20-14-2-3-15(21-16(12)14)22-18(24)17-13(19)6-9-25-17/h2-3,6,9-11,20H,4-5,7-8H2,1H3,(H,21,22,24).